The third kappa shape index (κ3) is 3.14. The van der Waals surface area contributed by atoms with Crippen molar-refractivity contribution in [3.63, 3.8) is 0 Å². The summed E-state index contributed by atoms with van der Waals surface area (Å²) in [4.78, 5) is 16.0. The van der Waals surface area contributed by atoms with Crippen LogP contribution in [0, 0.1) is 0 Å². The van der Waals surface area contributed by atoms with Gasteiger partial charge in [0.2, 0.25) is 0 Å². The molecule has 0 aliphatic heterocycles. The summed E-state index contributed by atoms with van der Waals surface area (Å²) in [6.07, 6.45) is 8.50. The summed E-state index contributed by atoms with van der Waals surface area (Å²) in [5.74, 6) is 0.280. The molecule has 0 radical (unpaired) electrons. The molecule has 0 fully saturated rings. The molecule has 0 saturated carbocycles. The normalized spacial score (nSPS) is 10.5. The highest BCUT2D eigenvalue weighted by Gasteiger charge is 2.09. The number of aromatic nitrogens is 5. The Kier molecular flexibility index (Phi) is 3.46. The lowest BCUT2D eigenvalue weighted by Crippen LogP contribution is -2.12. The Morgan fingerprint density at radius 1 is 1.33 bits per heavy atom. The van der Waals surface area contributed by atoms with E-state index in [-0.39, 0.29) is 5.91 Å². The van der Waals surface area contributed by atoms with Gasteiger partial charge in [-0.3, -0.25) is 19.1 Å². The Hall–Kier alpha value is -2.96. The van der Waals surface area contributed by atoms with E-state index in [2.05, 4.69) is 20.5 Å². The first kappa shape index (κ1) is 13.0. The zero-order valence-electron chi connectivity index (χ0n) is 11.5. The quantitative estimate of drug-likeness (QED) is 0.782. The van der Waals surface area contributed by atoms with Crippen LogP contribution >= 0.6 is 0 Å². The van der Waals surface area contributed by atoms with Crippen LogP contribution in [0.3, 0.4) is 0 Å². The molecule has 3 aromatic heterocycles. The van der Waals surface area contributed by atoms with Crippen LogP contribution in [0.4, 0.5) is 5.82 Å². The van der Waals surface area contributed by atoms with Crippen molar-refractivity contribution in [1.82, 2.24) is 24.5 Å². The molecular formula is C14H14N6O. The molecule has 0 bridgehead atoms. The Balaban J connectivity index is 1.66. The number of aryl methyl sites for hydroxylation is 1. The van der Waals surface area contributed by atoms with Gasteiger partial charge in [-0.15, -0.1) is 0 Å². The second-order valence-electron chi connectivity index (χ2n) is 4.62. The Labute approximate surface area is 121 Å². The fourth-order valence-electron chi connectivity index (χ4n) is 1.92. The first-order valence-corrected chi connectivity index (χ1v) is 6.43. The van der Waals surface area contributed by atoms with Gasteiger partial charge in [0.1, 0.15) is 0 Å². The highest BCUT2D eigenvalue weighted by Crippen LogP contribution is 2.07. The zero-order chi connectivity index (χ0) is 14.7. The summed E-state index contributed by atoms with van der Waals surface area (Å²) in [6.45, 7) is 0.608. The minimum absolute atomic E-state index is 0.227. The number of carbonyl (C=O) groups excluding carboxylic acids is 1. The Morgan fingerprint density at radius 2 is 2.24 bits per heavy atom. The van der Waals surface area contributed by atoms with E-state index in [1.807, 2.05) is 18.3 Å². The predicted octanol–water partition coefficient (Wildman–Crippen LogP) is 1.31. The maximum atomic E-state index is 12.0. The van der Waals surface area contributed by atoms with Gasteiger partial charge in [0.15, 0.2) is 5.82 Å². The van der Waals surface area contributed by atoms with Gasteiger partial charge in [-0.05, 0) is 11.6 Å². The molecule has 106 valence electrons. The molecular weight excluding hydrogens is 268 g/mol. The van der Waals surface area contributed by atoms with E-state index in [0.717, 1.165) is 5.56 Å². The lowest BCUT2D eigenvalue weighted by molar-refractivity contribution is 0.102. The van der Waals surface area contributed by atoms with Gasteiger partial charge in [0, 0.05) is 37.9 Å². The molecule has 3 rings (SSSR count). The van der Waals surface area contributed by atoms with Gasteiger partial charge < -0.3 is 5.32 Å². The number of anilines is 1. The molecule has 1 amide bonds. The fraction of sp³-hybridized carbons (Fsp3) is 0.143. The summed E-state index contributed by atoms with van der Waals surface area (Å²) in [5.41, 5.74) is 1.55. The maximum Gasteiger partial charge on any atom is 0.260 e. The van der Waals surface area contributed by atoms with Crippen molar-refractivity contribution in [2.24, 2.45) is 7.05 Å². The lowest BCUT2D eigenvalue weighted by atomic mass is 10.3. The summed E-state index contributed by atoms with van der Waals surface area (Å²) in [5, 5.41) is 11.0. The Morgan fingerprint density at radius 3 is 2.95 bits per heavy atom. The largest absolute Gasteiger partial charge is 0.305 e. The molecule has 7 nitrogen and oxygen atoms in total. The first-order valence-electron chi connectivity index (χ1n) is 6.43. The summed E-state index contributed by atoms with van der Waals surface area (Å²) >= 11 is 0. The van der Waals surface area contributed by atoms with E-state index in [1.165, 1.54) is 6.20 Å². The first-order chi connectivity index (χ1) is 10.2. The number of nitrogens with one attached hydrogen (secondary N) is 1. The smallest absolute Gasteiger partial charge is 0.260 e. The number of hydrogen-bond acceptors (Lipinski definition) is 4. The van der Waals surface area contributed by atoms with Crippen LogP contribution in [0.1, 0.15) is 15.9 Å². The topological polar surface area (TPSA) is 77.6 Å². The second kappa shape index (κ2) is 5.58. The number of hydrogen-bond donors (Lipinski definition) is 1. The summed E-state index contributed by atoms with van der Waals surface area (Å²) in [6, 6.07) is 5.61. The highest BCUT2D eigenvalue weighted by molar-refractivity contribution is 6.03. The average Bonchev–Trinajstić information content (AvgIpc) is 3.09. The standard InChI is InChI=1S/C14H14N6O/c1-19-10-12(8-16-19)14(21)17-13-4-6-20(18-13)9-11-3-2-5-15-7-11/h2-8,10H,9H2,1H3,(H,17,18,21). The number of pyridine rings is 1. The molecule has 0 aliphatic rings. The maximum absolute atomic E-state index is 12.0. The van der Waals surface area contributed by atoms with Crippen LogP contribution < -0.4 is 5.32 Å². The van der Waals surface area contributed by atoms with E-state index in [4.69, 9.17) is 0 Å². The van der Waals surface area contributed by atoms with E-state index < -0.39 is 0 Å². The SMILES string of the molecule is Cn1cc(C(=O)Nc2ccn(Cc3cccnc3)n2)cn1. The van der Waals surface area contributed by atoms with Crippen LogP contribution in [0.25, 0.3) is 0 Å². The van der Waals surface area contributed by atoms with Gasteiger partial charge in [-0.1, -0.05) is 6.07 Å². The lowest BCUT2D eigenvalue weighted by Gasteiger charge is -2.01. The molecule has 3 heterocycles. The summed E-state index contributed by atoms with van der Waals surface area (Å²) in [7, 11) is 1.76. The van der Waals surface area contributed by atoms with Crippen LogP contribution in [0.15, 0.2) is 49.2 Å². The average molecular weight is 282 g/mol. The van der Waals surface area contributed by atoms with E-state index >= 15 is 0 Å². The van der Waals surface area contributed by atoms with Crippen LogP contribution in [-0.4, -0.2) is 30.5 Å². The molecule has 0 aromatic carbocycles. The third-order valence-corrected chi connectivity index (χ3v) is 2.92. The molecule has 0 spiro atoms. The molecule has 0 atom stereocenters. The van der Waals surface area contributed by atoms with Crippen LogP contribution in [-0.2, 0) is 13.6 Å². The van der Waals surface area contributed by atoms with Crippen LogP contribution in [0.5, 0.6) is 0 Å². The minimum atomic E-state index is -0.227. The van der Waals surface area contributed by atoms with Crippen molar-refractivity contribution >= 4 is 11.7 Å². The number of rotatable bonds is 4. The van der Waals surface area contributed by atoms with Crippen molar-refractivity contribution in [2.45, 2.75) is 6.54 Å². The van der Waals surface area contributed by atoms with E-state index in [1.54, 1.807) is 41.1 Å². The molecule has 7 heteroatoms. The molecule has 3 aromatic rings. The summed E-state index contributed by atoms with van der Waals surface area (Å²) < 4.78 is 3.33. The Bertz CT molecular complexity index is 746. The monoisotopic (exact) mass is 282 g/mol. The van der Waals surface area contributed by atoms with Crippen LogP contribution in [0.2, 0.25) is 0 Å². The fourth-order valence-corrected chi connectivity index (χ4v) is 1.92. The number of nitrogens with zero attached hydrogens (tertiary/aromatic N) is 5. The van der Waals surface area contributed by atoms with Gasteiger partial charge in [0.05, 0.1) is 18.3 Å². The zero-order valence-corrected chi connectivity index (χ0v) is 11.5. The van der Waals surface area contributed by atoms with Crippen molar-refractivity contribution in [3.8, 4) is 0 Å². The molecule has 0 saturated heterocycles. The van der Waals surface area contributed by atoms with E-state index in [0.29, 0.717) is 17.9 Å². The molecule has 0 aliphatic carbocycles. The van der Waals surface area contributed by atoms with E-state index in [9.17, 15) is 4.79 Å². The highest BCUT2D eigenvalue weighted by atomic mass is 16.1. The second-order valence-corrected chi connectivity index (χ2v) is 4.62. The van der Waals surface area contributed by atoms with Crippen molar-refractivity contribution in [3.05, 3.63) is 60.3 Å². The van der Waals surface area contributed by atoms with Gasteiger partial charge in [0.25, 0.3) is 5.91 Å². The predicted molar refractivity (Wildman–Crippen MR) is 76.7 cm³/mol. The van der Waals surface area contributed by atoms with Gasteiger partial charge in [-0.25, -0.2) is 0 Å². The molecule has 0 unspecified atom stereocenters. The molecule has 21 heavy (non-hydrogen) atoms. The number of carbonyl (C=O) groups is 1. The van der Waals surface area contributed by atoms with Gasteiger partial charge in [-0.2, -0.15) is 10.2 Å². The number of amides is 1. The molecule has 1 N–H and O–H groups in total. The van der Waals surface area contributed by atoms with Gasteiger partial charge >= 0.3 is 0 Å². The van der Waals surface area contributed by atoms with Crippen molar-refractivity contribution < 1.29 is 4.79 Å². The van der Waals surface area contributed by atoms with Crippen molar-refractivity contribution in [2.75, 3.05) is 5.32 Å². The minimum Gasteiger partial charge on any atom is -0.305 e. The third-order valence-electron chi connectivity index (χ3n) is 2.92. The van der Waals surface area contributed by atoms with Crippen molar-refractivity contribution in [1.29, 1.82) is 0 Å².